The van der Waals surface area contributed by atoms with Gasteiger partial charge in [-0.25, -0.2) is 13.1 Å². The number of benzene rings is 3. The van der Waals surface area contributed by atoms with E-state index in [1.807, 2.05) is 0 Å². The second kappa shape index (κ2) is 9.39. The molecule has 0 aromatic heterocycles. The highest BCUT2D eigenvalue weighted by atomic mass is 32.2. The Kier molecular flexibility index (Phi) is 6.38. The van der Waals surface area contributed by atoms with E-state index in [0.717, 1.165) is 0 Å². The van der Waals surface area contributed by atoms with Crippen LogP contribution in [0.5, 0.6) is 23.0 Å². The van der Waals surface area contributed by atoms with Crippen molar-refractivity contribution in [1.29, 1.82) is 0 Å². The Morgan fingerprint density at radius 3 is 2.58 bits per heavy atom. The van der Waals surface area contributed by atoms with E-state index in [1.165, 1.54) is 38.5 Å². The monoisotopic (exact) mass is 470 g/mol. The molecule has 33 heavy (non-hydrogen) atoms. The number of anilines is 1. The van der Waals surface area contributed by atoms with Gasteiger partial charge >= 0.3 is 0 Å². The molecule has 2 N–H and O–H groups in total. The predicted octanol–water partition coefficient (Wildman–Crippen LogP) is 3.16. The highest BCUT2D eigenvalue weighted by Gasteiger charge is 2.19. The number of methoxy groups -OCH3 is 2. The van der Waals surface area contributed by atoms with Crippen molar-refractivity contribution in [3.63, 3.8) is 0 Å². The van der Waals surface area contributed by atoms with Crippen LogP contribution in [0.2, 0.25) is 0 Å². The van der Waals surface area contributed by atoms with Crippen molar-refractivity contribution in [2.24, 2.45) is 0 Å². The summed E-state index contributed by atoms with van der Waals surface area (Å²) in [4.78, 5) is 12.7. The molecule has 4 rings (SSSR count). The molecule has 0 radical (unpaired) electrons. The lowest BCUT2D eigenvalue weighted by Crippen LogP contribution is -2.23. The molecule has 0 atom stereocenters. The predicted molar refractivity (Wildman–Crippen MR) is 121 cm³/mol. The van der Waals surface area contributed by atoms with Gasteiger partial charge in [0.25, 0.3) is 5.91 Å². The maximum atomic E-state index is 12.8. The average molecular weight is 471 g/mol. The number of hydrogen-bond donors (Lipinski definition) is 2. The Morgan fingerprint density at radius 2 is 1.79 bits per heavy atom. The van der Waals surface area contributed by atoms with E-state index >= 15 is 0 Å². The second-order valence-corrected chi connectivity index (χ2v) is 8.83. The third-order valence-electron chi connectivity index (χ3n) is 4.97. The summed E-state index contributed by atoms with van der Waals surface area (Å²) in [5.74, 6) is 1.70. The van der Waals surface area contributed by atoms with E-state index in [9.17, 15) is 13.2 Å². The van der Waals surface area contributed by atoms with Gasteiger partial charge in [-0.15, -0.1) is 0 Å². The molecule has 0 spiro atoms. The fourth-order valence-corrected chi connectivity index (χ4v) is 4.28. The maximum absolute atomic E-state index is 12.8. The van der Waals surface area contributed by atoms with Gasteiger partial charge in [0.15, 0.2) is 11.5 Å². The Balaban J connectivity index is 1.48. The van der Waals surface area contributed by atoms with Crippen LogP contribution in [0, 0.1) is 0 Å². The summed E-state index contributed by atoms with van der Waals surface area (Å²) in [5.41, 5.74) is 1.32. The topological polar surface area (TPSA) is 112 Å². The smallest absolute Gasteiger partial charge is 0.255 e. The van der Waals surface area contributed by atoms with Crippen molar-refractivity contribution in [1.82, 2.24) is 4.72 Å². The molecule has 9 nitrogen and oxygen atoms in total. The normalized spacial score (nSPS) is 12.3. The summed E-state index contributed by atoms with van der Waals surface area (Å²) in [6.07, 6.45) is 0. The molecule has 1 amide bonds. The zero-order valence-corrected chi connectivity index (χ0v) is 18.8. The van der Waals surface area contributed by atoms with Crippen LogP contribution in [0.25, 0.3) is 0 Å². The molecule has 1 aliphatic rings. The zero-order chi connectivity index (χ0) is 23.4. The van der Waals surface area contributed by atoms with Gasteiger partial charge in [-0.2, -0.15) is 0 Å². The zero-order valence-electron chi connectivity index (χ0n) is 18.0. The Labute approximate surface area is 191 Å². The maximum Gasteiger partial charge on any atom is 0.255 e. The van der Waals surface area contributed by atoms with Crippen LogP contribution >= 0.6 is 0 Å². The lowest BCUT2D eigenvalue weighted by Gasteiger charge is -2.12. The SMILES string of the molecule is COc1ccc(NC(=O)c2cccc(S(=O)(=O)NCc3ccc4c(c3)OCO4)c2)c(OC)c1. The van der Waals surface area contributed by atoms with E-state index < -0.39 is 15.9 Å². The second-order valence-electron chi connectivity index (χ2n) is 7.06. The van der Waals surface area contributed by atoms with Gasteiger partial charge in [0.2, 0.25) is 16.8 Å². The highest BCUT2D eigenvalue weighted by Crippen LogP contribution is 2.32. The van der Waals surface area contributed by atoms with Crippen molar-refractivity contribution in [2.75, 3.05) is 26.3 Å². The summed E-state index contributed by atoms with van der Waals surface area (Å²) in [5, 5.41) is 2.73. The first-order chi connectivity index (χ1) is 15.9. The molecule has 0 saturated heterocycles. The number of nitrogens with one attached hydrogen (secondary N) is 2. The van der Waals surface area contributed by atoms with Crippen molar-refractivity contribution in [3.05, 3.63) is 71.8 Å². The molecular weight excluding hydrogens is 448 g/mol. The van der Waals surface area contributed by atoms with Crippen LogP contribution in [0.3, 0.4) is 0 Å². The Hall–Kier alpha value is -3.76. The summed E-state index contributed by atoms with van der Waals surface area (Å²) in [6.45, 7) is 0.195. The number of sulfonamides is 1. The Bertz CT molecular complexity index is 1290. The summed E-state index contributed by atoms with van der Waals surface area (Å²) in [7, 11) is -0.864. The molecule has 1 aliphatic heterocycles. The van der Waals surface area contributed by atoms with Crippen LogP contribution in [0.15, 0.2) is 65.6 Å². The van der Waals surface area contributed by atoms with Crippen molar-refractivity contribution < 1.29 is 32.2 Å². The van der Waals surface area contributed by atoms with Gasteiger partial charge < -0.3 is 24.3 Å². The number of amides is 1. The van der Waals surface area contributed by atoms with E-state index in [-0.39, 0.29) is 23.8 Å². The van der Waals surface area contributed by atoms with Crippen LogP contribution in [-0.4, -0.2) is 35.3 Å². The molecule has 3 aromatic rings. The van der Waals surface area contributed by atoms with E-state index in [4.69, 9.17) is 18.9 Å². The molecule has 172 valence electrons. The molecule has 1 heterocycles. The molecule has 0 aliphatic carbocycles. The largest absolute Gasteiger partial charge is 0.497 e. The van der Waals surface area contributed by atoms with Crippen LogP contribution in [0.4, 0.5) is 5.69 Å². The number of fused-ring (bicyclic) bond motifs is 1. The summed E-state index contributed by atoms with van der Waals surface area (Å²) in [6, 6.07) is 15.9. The van der Waals surface area contributed by atoms with Crippen LogP contribution in [-0.2, 0) is 16.6 Å². The quantitative estimate of drug-likeness (QED) is 0.520. The van der Waals surface area contributed by atoms with Gasteiger partial charge in [-0.3, -0.25) is 4.79 Å². The number of carbonyl (C=O) groups excluding carboxylic acids is 1. The van der Waals surface area contributed by atoms with Gasteiger partial charge in [0, 0.05) is 18.2 Å². The van der Waals surface area contributed by atoms with Crippen LogP contribution in [0.1, 0.15) is 15.9 Å². The van der Waals surface area contributed by atoms with Crippen molar-refractivity contribution >= 4 is 21.6 Å². The Morgan fingerprint density at radius 1 is 0.970 bits per heavy atom. The fraction of sp³-hybridized carbons (Fsp3) is 0.174. The van der Waals surface area contributed by atoms with Gasteiger partial charge in [0.05, 0.1) is 24.8 Å². The van der Waals surface area contributed by atoms with Gasteiger partial charge in [0.1, 0.15) is 11.5 Å². The average Bonchev–Trinajstić information content (AvgIpc) is 3.31. The lowest BCUT2D eigenvalue weighted by molar-refractivity contribution is 0.102. The van der Waals surface area contributed by atoms with Crippen LogP contribution < -0.4 is 29.0 Å². The number of carbonyl (C=O) groups is 1. The molecule has 0 fully saturated rings. The number of rotatable bonds is 8. The minimum atomic E-state index is -3.87. The first-order valence-corrected chi connectivity index (χ1v) is 11.4. The molecule has 0 saturated carbocycles. The van der Waals surface area contributed by atoms with Gasteiger partial charge in [-0.05, 0) is 48.0 Å². The van der Waals surface area contributed by atoms with Gasteiger partial charge in [-0.1, -0.05) is 12.1 Å². The minimum absolute atomic E-state index is 0.0300. The van der Waals surface area contributed by atoms with E-state index in [0.29, 0.717) is 34.2 Å². The third-order valence-corrected chi connectivity index (χ3v) is 6.37. The number of ether oxygens (including phenoxy) is 4. The highest BCUT2D eigenvalue weighted by molar-refractivity contribution is 7.89. The van der Waals surface area contributed by atoms with Crippen molar-refractivity contribution in [2.45, 2.75) is 11.4 Å². The first-order valence-electron chi connectivity index (χ1n) is 9.91. The molecule has 0 bridgehead atoms. The first kappa shape index (κ1) is 22.4. The van der Waals surface area contributed by atoms with Crippen molar-refractivity contribution in [3.8, 4) is 23.0 Å². The molecular formula is C23H22N2O7S. The minimum Gasteiger partial charge on any atom is -0.497 e. The fourth-order valence-electron chi connectivity index (χ4n) is 3.21. The summed E-state index contributed by atoms with van der Waals surface area (Å²) >= 11 is 0. The molecule has 0 unspecified atom stereocenters. The number of hydrogen-bond acceptors (Lipinski definition) is 7. The third kappa shape index (κ3) is 5.02. The molecule has 10 heteroatoms. The summed E-state index contributed by atoms with van der Waals surface area (Å²) < 4.78 is 49.2. The standard InChI is InChI=1S/C23H22N2O7S/c1-29-17-7-8-19(21(12-17)30-2)25-23(26)16-4-3-5-18(11-16)33(27,28)24-13-15-6-9-20-22(10-15)32-14-31-20/h3-12,24H,13-14H2,1-2H3,(H,25,26). The van der Waals surface area contributed by atoms with E-state index in [1.54, 1.807) is 36.4 Å². The molecule has 3 aromatic carbocycles. The van der Waals surface area contributed by atoms with E-state index in [2.05, 4.69) is 10.0 Å². The lowest BCUT2D eigenvalue weighted by atomic mass is 10.2.